The molecule has 0 radical (unpaired) electrons. The maximum Gasteiger partial charge on any atom is 0.224 e. The van der Waals surface area contributed by atoms with Gasteiger partial charge in [0.2, 0.25) is 5.91 Å². The summed E-state index contributed by atoms with van der Waals surface area (Å²) < 4.78 is 11.3. The van der Waals surface area contributed by atoms with Crippen LogP contribution in [0.2, 0.25) is 0 Å². The van der Waals surface area contributed by atoms with Gasteiger partial charge in [-0.3, -0.25) is 4.79 Å². The van der Waals surface area contributed by atoms with Crippen LogP contribution < -0.4 is 20.5 Å². The Labute approximate surface area is 174 Å². The molecule has 0 fully saturated rings. The molecule has 0 aliphatic rings. The molecule has 0 saturated carbocycles. The van der Waals surface area contributed by atoms with E-state index in [0.29, 0.717) is 24.5 Å². The number of anilines is 1. The number of unbranched alkanes of at least 4 members (excludes halogenated alkanes) is 2. The van der Waals surface area contributed by atoms with Gasteiger partial charge in [0.05, 0.1) is 26.2 Å². The summed E-state index contributed by atoms with van der Waals surface area (Å²) in [5.41, 5.74) is 8.27. The molecule has 0 aromatic heterocycles. The van der Waals surface area contributed by atoms with E-state index in [2.05, 4.69) is 12.2 Å². The number of ether oxygens (including phenoxy) is 2. The average Bonchev–Trinajstić information content (AvgIpc) is 2.67. The zero-order valence-electron chi connectivity index (χ0n) is 16.9. The lowest BCUT2D eigenvalue weighted by molar-refractivity contribution is -0.121. The number of methoxy groups -OCH3 is 1. The van der Waals surface area contributed by atoms with E-state index >= 15 is 0 Å². The third kappa shape index (κ3) is 7.31. The predicted octanol–water partition coefficient (Wildman–Crippen LogP) is 4.69. The summed E-state index contributed by atoms with van der Waals surface area (Å²) in [6.07, 6.45) is 3.66. The monoisotopic (exact) mass is 406 g/mol. The Kier molecular flexibility index (Phi) is 10.2. The second-order valence-corrected chi connectivity index (χ2v) is 6.67. The first-order valence-electron chi connectivity index (χ1n) is 9.48. The summed E-state index contributed by atoms with van der Waals surface area (Å²) in [4.78, 5) is 12.3. The van der Waals surface area contributed by atoms with Crippen molar-refractivity contribution >= 4 is 24.0 Å². The third-order valence-electron chi connectivity index (χ3n) is 4.42. The van der Waals surface area contributed by atoms with Gasteiger partial charge in [-0.2, -0.15) is 0 Å². The number of carbonyl (C=O) groups excluding carboxylic acids is 1. The molecule has 0 aliphatic carbocycles. The molecular formula is C22H31ClN2O3. The fourth-order valence-corrected chi connectivity index (χ4v) is 2.80. The highest BCUT2D eigenvalue weighted by molar-refractivity contribution is 5.85. The van der Waals surface area contributed by atoms with E-state index in [9.17, 15) is 4.79 Å². The van der Waals surface area contributed by atoms with Crippen molar-refractivity contribution in [1.29, 1.82) is 0 Å². The first-order chi connectivity index (χ1) is 13.0. The lowest BCUT2D eigenvalue weighted by atomic mass is 10.1. The predicted molar refractivity (Wildman–Crippen MR) is 116 cm³/mol. The van der Waals surface area contributed by atoms with E-state index in [4.69, 9.17) is 15.2 Å². The molecule has 0 bridgehead atoms. The molecule has 154 valence electrons. The third-order valence-corrected chi connectivity index (χ3v) is 4.42. The Balaban J connectivity index is 0.00000392. The fourth-order valence-electron chi connectivity index (χ4n) is 2.80. The van der Waals surface area contributed by atoms with Crippen molar-refractivity contribution in [3.05, 3.63) is 53.6 Å². The lowest BCUT2D eigenvalue weighted by Crippen LogP contribution is -2.28. The number of hydrogen-bond donors (Lipinski definition) is 2. The standard InChI is InChI=1S/C22H30N2O3.ClH/c1-4-5-6-13-27-20-12-9-18(15-21(20)26-3)16(2)24-22(25)14-17-7-10-19(23)11-8-17;/h7-12,15-16H,4-6,13-14,23H2,1-3H3,(H,24,25);1H. The largest absolute Gasteiger partial charge is 0.493 e. The van der Waals surface area contributed by atoms with Crippen LogP contribution in [-0.4, -0.2) is 19.6 Å². The second-order valence-electron chi connectivity index (χ2n) is 6.67. The van der Waals surface area contributed by atoms with Gasteiger partial charge in [-0.25, -0.2) is 0 Å². The highest BCUT2D eigenvalue weighted by atomic mass is 35.5. The van der Waals surface area contributed by atoms with Crippen molar-refractivity contribution < 1.29 is 14.3 Å². The fraction of sp³-hybridized carbons (Fsp3) is 0.409. The first-order valence-corrected chi connectivity index (χ1v) is 9.48. The van der Waals surface area contributed by atoms with Crippen molar-refractivity contribution in [2.45, 2.75) is 45.6 Å². The van der Waals surface area contributed by atoms with Crippen molar-refractivity contribution in [1.82, 2.24) is 5.32 Å². The van der Waals surface area contributed by atoms with Crippen molar-refractivity contribution in [2.75, 3.05) is 19.5 Å². The number of nitrogens with one attached hydrogen (secondary N) is 1. The van der Waals surface area contributed by atoms with Gasteiger partial charge in [0.1, 0.15) is 0 Å². The minimum Gasteiger partial charge on any atom is -0.493 e. The van der Waals surface area contributed by atoms with E-state index in [1.807, 2.05) is 37.3 Å². The van der Waals surface area contributed by atoms with E-state index in [1.54, 1.807) is 19.2 Å². The lowest BCUT2D eigenvalue weighted by Gasteiger charge is -2.17. The van der Waals surface area contributed by atoms with Gasteiger partial charge in [-0.15, -0.1) is 12.4 Å². The zero-order valence-corrected chi connectivity index (χ0v) is 17.7. The molecule has 0 saturated heterocycles. The quantitative estimate of drug-likeness (QED) is 0.443. The number of rotatable bonds is 10. The smallest absolute Gasteiger partial charge is 0.224 e. The summed E-state index contributed by atoms with van der Waals surface area (Å²) in [6.45, 7) is 4.80. The number of hydrogen-bond acceptors (Lipinski definition) is 4. The van der Waals surface area contributed by atoms with Crippen molar-refractivity contribution in [3.63, 3.8) is 0 Å². The van der Waals surface area contributed by atoms with Gasteiger partial charge in [0.25, 0.3) is 0 Å². The Bertz CT molecular complexity index is 735. The molecular weight excluding hydrogens is 376 g/mol. The highest BCUT2D eigenvalue weighted by Crippen LogP contribution is 2.30. The second kappa shape index (κ2) is 12.1. The Hall–Kier alpha value is -2.40. The molecule has 0 aliphatic heterocycles. The number of nitrogens with two attached hydrogens (primary N) is 1. The molecule has 1 unspecified atom stereocenters. The molecule has 3 N–H and O–H groups in total. The maximum atomic E-state index is 12.3. The molecule has 5 nitrogen and oxygen atoms in total. The summed E-state index contributed by atoms with van der Waals surface area (Å²) in [7, 11) is 1.63. The van der Waals surface area contributed by atoms with Crippen LogP contribution in [0, 0.1) is 0 Å². The van der Waals surface area contributed by atoms with Crippen molar-refractivity contribution in [2.24, 2.45) is 0 Å². The first kappa shape index (κ1) is 23.6. The topological polar surface area (TPSA) is 73.6 Å². The molecule has 1 amide bonds. The van der Waals surface area contributed by atoms with Crippen LogP contribution in [0.3, 0.4) is 0 Å². The molecule has 0 heterocycles. The van der Waals surface area contributed by atoms with Crippen LogP contribution in [-0.2, 0) is 11.2 Å². The normalized spacial score (nSPS) is 11.2. The van der Waals surface area contributed by atoms with Crippen LogP contribution in [0.4, 0.5) is 5.69 Å². The van der Waals surface area contributed by atoms with Gasteiger partial charge < -0.3 is 20.5 Å². The molecule has 28 heavy (non-hydrogen) atoms. The SMILES string of the molecule is CCCCCOc1ccc(C(C)NC(=O)Cc2ccc(N)cc2)cc1OC.Cl. The Morgan fingerprint density at radius 3 is 2.46 bits per heavy atom. The number of halogens is 1. The van der Waals surface area contributed by atoms with Gasteiger partial charge in [-0.1, -0.05) is 38.0 Å². The minimum atomic E-state index is -0.130. The van der Waals surface area contributed by atoms with Crippen LogP contribution in [0.1, 0.15) is 50.3 Å². The van der Waals surface area contributed by atoms with Crippen LogP contribution in [0.5, 0.6) is 11.5 Å². The molecule has 2 rings (SSSR count). The molecule has 2 aromatic rings. The number of benzene rings is 2. The molecule has 0 spiro atoms. The maximum absolute atomic E-state index is 12.3. The van der Waals surface area contributed by atoms with Gasteiger partial charge in [0.15, 0.2) is 11.5 Å². The van der Waals surface area contributed by atoms with Gasteiger partial charge in [-0.05, 0) is 48.7 Å². The minimum absolute atomic E-state index is 0. The van der Waals surface area contributed by atoms with Crippen LogP contribution in [0.15, 0.2) is 42.5 Å². The average molecular weight is 407 g/mol. The molecule has 6 heteroatoms. The van der Waals surface area contributed by atoms with E-state index in [-0.39, 0.29) is 24.4 Å². The zero-order chi connectivity index (χ0) is 19.6. The summed E-state index contributed by atoms with van der Waals surface area (Å²) >= 11 is 0. The van der Waals surface area contributed by atoms with E-state index in [0.717, 1.165) is 36.1 Å². The summed E-state index contributed by atoms with van der Waals surface area (Å²) in [5, 5.41) is 3.02. The van der Waals surface area contributed by atoms with Crippen LogP contribution >= 0.6 is 12.4 Å². The summed E-state index contributed by atoms with van der Waals surface area (Å²) in [6, 6.07) is 13.0. The Morgan fingerprint density at radius 1 is 1.11 bits per heavy atom. The molecule has 2 aromatic carbocycles. The molecule has 1 atom stereocenters. The van der Waals surface area contributed by atoms with Crippen molar-refractivity contribution in [3.8, 4) is 11.5 Å². The van der Waals surface area contributed by atoms with E-state index < -0.39 is 0 Å². The van der Waals surface area contributed by atoms with E-state index in [1.165, 1.54) is 0 Å². The number of carbonyl (C=O) groups is 1. The van der Waals surface area contributed by atoms with Crippen LogP contribution in [0.25, 0.3) is 0 Å². The highest BCUT2D eigenvalue weighted by Gasteiger charge is 2.13. The number of amides is 1. The number of nitrogen functional groups attached to an aromatic ring is 1. The Morgan fingerprint density at radius 2 is 1.82 bits per heavy atom. The summed E-state index contributed by atoms with van der Waals surface area (Å²) in [5.74, 6) is 1.38. The van der Waals surface area contributed by atoms with Gasteiger partial charge >= 0.3 is 0 Å². The van der Waals surface area contributed by atoms with Gasteiger partial charge in [0, 0.05) is 5.69 Å².